The third kappa shape index (κ3) is 10.9. The predicted octanol–water partition coefficient (Wildman–Crippen LogP) is 9.16. The molecule has 55 heavy (non-hydrogen) atoms. The summed E-state index contributed by atoms with van der Waals surface area (Å²) in [5.41, 5.74) is 4.06. The van der Waals surface area contributed by atoms with E-state index in [4.69, 9.17) is 14.2 Å². The van der Waals surface area contributed by atoms with Crippen molar-refractivity contribution in [1.29, 1.82) is 0 Å². The fourth-order valence-electron chi connectivity index (χ4n) is 5.45. The van der Waals surface area contributed by atoms with Crippen molar-refractivity contribution in [3.05, 3.63) is 186 Å². The number of anilines is 2. The van der Waals surface area contributed by atoms with Gasteiger partial charge in [-0.2, -0.15) is 0 Å². The quantitative estimate of drug-likeness (QED) is 0.0709. The molecule has 3 N–H and O–H groups in total. The van der Waals surface area contributed by atoms with Crippen molar-refractivity contribution in [3.8, 4) is 17.2 Å². The highest BCUT2D eigenvalue weighted by atomic mass is 32.2. The van der Waals surface area contributed by atoms with Crippen LogP contribution in [0.3, 0.4) is 0 Å². The van der Waals surface area contributed by atoms with Crippen LogP contribution in [0.5, 0.6) is 17.2 Å². The van der Waals surface area contributed by atoms with Gasteiger partial charge in [-0.25, -0.2) is 0 Å². The second-order valence-electron chi connectivity index (χ2n) is 12.2. The van der Waals surface area contributed by atoms with Gasteiger partial charge in [0.1, 0.15) is 34.8 Å². The summed E-state index contributed by atoms with van der Waals surface area (Å²) in [6.07, 6.45) is 1.61. The first-order valence-electron chi connectivity index (χ1n) is 17.4. The molecular formula is C45H39N3O6S. The van der Waals surface area contributed by atoms with Gasteiger partial charge < -0.3 is 30.2 Å². The van der Waals surface area contributed by atoms with Gasteiger partial charge >= 0.3 is 0 Å². The lowest BCUT2D eigenvalue weighted by molar-refractivity contribution is -0.116. The lowest BCUT2D eigenvalue weighted by atomic mass is 10.1. The summed E-state index contributed by atoms with van der Waals surface area (Å²) in [5.74, 6) is 0.611. The molecule has 0 fully saturated rings. The normalized spacial score (nSPS) is 11.5. The molecule has 0 aromatic heterocycles. The molecule has 0 spiro atoms. The molecule has 0 aliphatic carbocycles. The Balaban J connectivity index is 1.17. The summed E-state index contributed by atoms with van der Waals surface area (Å²) in [5, 5.41) is 8.08. The van der Waals surface area contributed by atoms with Gasteiger partial charge in [0.25, 0.3) is 11.8 Å². The van der Waals surface area contributed by atoms with Crippen molar-refractivity contribution in [2.75, 3.05) is 24.9 Å². The van der Waals surface area contributed by atoms with Gasteiger partial charge in [-0.3, -0.25) is 14.4 Å². The zero-order valence-electron chi connectivity index (χ0n) is 30.2. The van der Waals surface area contributed by atoms with Crippen molar-refractivity contribution in [1.82, 2.24) is 5.32 Å². The molecule has 0 saturated carbocycles. The maximum absolute atomic E-state index is 13.7. The number of carbonyl (C=O) groups excluding carboxylic acids is 3. The molecule has 276 valence electrons. The van der Waals surface area contributed by atoms with E-state index in [1.807, 2.05) is 103 Å². The Morgan fingerprint density at radius 2 is 1.24 bits per heavy atom. The van der Waals surface area contributed by atoms with Crippen LogP contribution in [-0.4, -0.2) is 31.9 Å². The van der Waals surface area contributed by atoms with Crippen molar-refractivity contribution >= 4 is 46.9 Å². The number of benzene rings is 6. The van der Waals surface area contributed by atoms with Gasteiger partial charge in [0.2, 0.25) is 5.91 Å². The van der Waals surface area contributed by atoms with Crippen LogP contribution >= 0.6 is 11.8 Å². The molecule has 6 rings (SSSR count). The van der Waals surface area contributed by atoms with Gasteiger partial charge in [-0.05, 0) is 71.3 Å². The second-order valence-corrected chi connectivity index (χ2v) is 13.4. The second kappa shape index (κ2) is 18.8. The number of nitrogens with one attached hydrogen (secondary N) is 3. The van der Waals surface area contributed by atoms with Gasteiger partial charge in [-0.15, -0.1) is 11.8 Å². The molecule has 1 unspecified atom stereocenters. The Morgan fingerprint density at radius 3 is 1.85 bits per heavy atom. The Morgan fingerprint density at radius 1 is 0.636 bits per heavy atom. The summed E-state index contributed by atoms with van der Waals surface area (Å²) in [4.78, 5) is 41.4. The number of methoxy groups -OCH3 is 2. The van der Waals surface area contributed by atoms with Crippen molar-refractivity contribution < 1.29 is 28.6 Å². The standard InChI is InChI=1S/C45H39N3O6S/c1-52-38-27-36(28-39(29-38)53-2)47-45(51)42(33-14-8-4-9-15-33)55-40-24-20-35(21-25-40)46-44(50)41(48-43(49)34-16-10-5-11-17-34)26-31-18-22-37(23-19-31)54-30-32-12-6-3-7-13-32/h3-29,42H,30H2,1-2H3,(H,46,50)(H,47,51)(H,48,49)/b41-26-. The molecule has 9 nitrogen and oxygen atoms in total. The van der Waals surface area contributed by atoms with E-state index in [9.17, 15) is 14.4 Å². The number of hydrogen-bond acceptors (Lipinski definition) is 7. The summed E-state index contributed by atoms with van der Waals surface area (Å²) < 4.78 is 16.7. The number of amides is 3. The smallest absolute Gasteiger partial charge is 0.272 e. The van der Waals surface area contributed by atoms with Crippen LogP contribution < -0.4 is 30.2 Å². The summed E-state index contributed by atoms with van der Waals surface area (Å²) in [7, 11) is 3.10. The lowest BCUT2D eigenvalue weighted by Gasteiger charge is -2.18. The predicted molar refractivity (Wildman–Crippen MR) is 217 cm³/mol. The van der Waals surface area contributed by atoms with Crippen LogP contribution in [0.25, 0.3) is 6.08 Å². The number of thioether (sulfide) groups is 1. The number of ether oxygens (including phenoxy) is 3. The molecule has 0 aliphatic rings. The maximum atomic E-state index is 13.7. The Bertz CT molecular complexity index is 2210. The largest absolute Gasteiger partial charge is 0.497 e. The summed E-state index contributed by atoms with van der Waals surface area (Å²) >= 11 is 1.37. The number of hydrogen-bond donors (Lipinski definition) is 3. The van der Waals surface area contributed by atoms with E-state index in [0.29, 0.717) is 46.4 Å². The third-order valence-corrected chi connectivity index (χ3v) is 9.56. The monoisotopic (exact) mass is 749 g/mol. The molecular weight excluding hydrogens is 711 g/mol. The van der Waals surface area contributed by atoms with E-state index in [1.54, 1.807) is 74.9 Å². The highest BCUT2D eigenvalue weighted by Gasteiger charge is 2.23. The van der Waals surface area contributed by atoms with E-state index in [-0.39, 0.29) is 11.6 Å². The SMILES string of the molecule is COc1cc(NC(=O)C(Sc2ccc(NC(=O)/C(=C/c3ccc(OCc4ccccc4)cc3)NC(=O)c3ccccc3)cc2)c2ccccc2)cc(OC)c1. The van der Waals surface area contributed by atoms with E-state index < -0.39 is 17.1 Å². The van der Waals surface area contributed by atoms with Crippen molar-refractivity contribution in [2.24, 2.45) is 0 Å². The summed E-state index contributed by atoms with van der Waals surface area (Å²) in [6, 6.07) is 47.7. The molecule has 10 heteroatoms. The van der Waals surface area contributed by atoms with Gasteiger partial charge in [0.05, 0.1) is 14.2 Å². The topological polar surface area (TPSA) is 115 Å². The molecule has 6 aromatic rings. The van der Waals surface area contributed by atoms with Crippen LogP contribution in [0.4, 0.5) is 11.4 Å². The minimum Gasteiger partial charge on any atom is -0.497 e. The average molecular weight is 750 g/mol. The van der Waals surface area contributed by atoms with Crippen LogP contribution in [0, 0.1) is 0 Å². The van der Waals surface area contributed by atoms with E-state index in [1.165, 1.54) is 11.8 Å². The lowest BCUT2D eigenvalue weighted by Crippen LogP contribution is -2.30. The zero-order valence-corrected chi connectivity index (χ0v) is 31.0. The zero-order chi connectivity index (χ0) is 38.4. The van der Waals surface area contributed by atoms with Crippen LogP contribution in [0.2, 0.25) is 0 Å². The molecule has 1 atom stereocenters. The molecule has 0 aliphatic heterocycles. The van der Waals surface area contributed by atoms with Crippen LogP contribution in [0.15, 0.2) is 168 Å². The first-order valence-corrected chi connectivity index (χ1v) is 18.3. The van der Waals surface area contributed by atoms with E-state index in [0.717, 1.165) is 16.0 Å². The van der Waals surface area contributed by atoms with Gasteiger partial charge in [0.15, 0.2) is 0 Å². The Hall–Kier alpha value is -6.78. The molecule has 0 heterocycles. The average Bonchev–Trinajstić information content (AvgIpc) is 3.23. The highest BCUT2D eigenvalue weighted by molar-refractivity contribution is 8.00. The third-order valence-electron chi connectivity index (χ3n) is 8.29. The molecule has 0 saturated heterocycles. The fourth-order valence-corrected chi connectivity index (χ4v) is 6.47. The molecule has 0 bridgehead atoms. The van der Waals surface area contributed by atoms with Crippen LogP contribution in [0.1, 0.15) is 32.3 Å². The van der Waals surface area contributed by atoms with Crippen molar-refractivity contribution in [2.45, 2.75) is 16.8 Å². The van der Waals surface area contributed by atoms with E-state index in [2.05, 4.69) is 16.0 Å². The number of carbonyl (C=O) groups is 3. The maximum Gasteiger partial charge on any atom is 0.272 e. The minimum absolute atomic E-state index is 0.0558. The fraction of sp³-hybridized carbons (Fsp3) is 0.0889. The molecule has 3 amide bonds. The first-order chi connectivity index (χ1) is 26.9. The van der Waals surface area contributed by atoms with E-state index >= 15 is 0 Å². The Kier molecular flexibility index (Phi) is 13.0. The van der Waals surface area contributed by atoms with Gasteiger partial charge in [-0.1, -0.05) is 91.0 Å². The minimum atomic E-state index is -0.600. The van der Waals surface area contributed by atoms with Crippen molar-refractivity contribution in [3.63, 3.8) is 0 Å². The summed E-state index contributed by atoms with van der Waals surface area (Å²) in [6.45, 7) is 0.424. The molecule has 6 aromatic carbocycles. The first kappa shape index (κ1) is 38.0. The van der Waals surface area contributed by atoms with Gasteiger partial charge in [0, 0.05) is 40.0 Å². The number of rotatable bonds is 15. The highest BCUT2D eigenvalue weighted by Crippen LogP contribution is 2.37. The molecule has 0 radical (unpaired) electrons. The Labute approximate surface area is 324 Å². The van der Waals surface area contributed by atoms with Crippen LogP contribution in [-0.2, 0) is 16.2 Å².